The van der Waals surface area contributed by atoms with E-state index in [1.807, 2.05) is 31.2 Å². The summed E-state index contributed by atoms with van der Waals surface area (Å²) >= 11 is 0. The van der Waals surface area contributed by atoms with Crippen molar-refractivity contribution in [2.24, 2.45) is 5.92 Å². The first-order valence-corrected chi connectivity index (χ1v) is 10.6. The van der Waals surface area contributed by atoms with Gasteiger partial charge in [-0.1, -0.05) is 60.2 Å². The summed E-state index contributed by atoms with van der Waals surface area (Å²) in [6, 6.07) is 20.5. The Morgan fingerprint density at radius 2 is 1.73 bits per heavy atom. The van der Waals surface area contributed by atoms with Gasteiger partial charge >= 0.3 is 0 Å². The van der Waals surface area contributed by atoms with E-state index in [2.05, 4.69) is 63.5 Å². The predicted octanol–water partition coefficient (Wildman–Crippen LogP) is 4.55. The number of piperidine rings is 1. The third kappa shape index (κ3) is 4.67. The number of rotatable bonds is 5. The van der Waals surface area contributed by atoms with Gasteiger partial charge in [0.2, 0.25) is 5.91 Å². The number of hydrogen-bond donors (Lipinski definition) is 1. The molecule has 1 fully saturated rings. The zero-order valence-electron chi connectivity index (χ0n) is 17.6. The van der Waals surface area contributed by atoms with Gasteiger partial charge in [-0.25, -0.2) is 9.97 Å². The molecule has 1 N–H and O–H groups in total. The molecule has 4 rings (SSSR count). The molecule has 0 saturated carbocycles. The van der Waals surface area contributed by atoms with Crippen LogP contribution in [0.2, 0.25) is 0 Å². The lowest BCUT2D eigenvalue weighted by molar-refractivity contribution is -0.126. The minimum Gasteiger partial charge on any atom is -0.356 e. The summed E-state index contributed by atoms with van der Waals surface area (Å²) in [5, 5.41) is 3.19. The van der Waals surface area contributed by atoms with Gasteiger partial charge in [-0.3, -0.25) is 4.79 Å². The Morgan fingerprint density at radius 3 is 2.43 bits per heavy atom. The van der Waals surface area contributed by atoms with Crippen molar-refractivity contribution in [1.29, 1.82) is 0 Å². The van der Waals surface area contributed by atoms with Crippen molar-refractivity contribution in [1.82, 2.24) is 15.3 Å². The Balaban J connectivity index is 1.35. The fourth-order valence-electron chi connectivity index (χ4n) is 3.93. The maximum Gasteiger partial charge on any atom is 0.223 e. The normalized spacial score (nSPS) is 15.6. The number of carbonyl (C=O) groups excluding carboxylic acids is 1. The molecule has 0 unspecified atom stereocenters. The number of nitrogens with one attached hydrogen (secondary N) is 1. The standard InChI is InChI=1S/C25H28N4O/c1-18-8-10-20(11-9-18)19(2)28-25(30)22-12-14-29(15-13-22)24-16-23(26-17-27-24)21-6-4-3-5-7-21/h3-11,16-17,19,22H,12-15H2,1-2H3,(H,28,30)/t19-/m0/s1. The molecule has 1 atom stereocenters. The molecule has 1 aliphatic rings. The number of benzene rings is 2. The van der Waals surface area contributed by atoms with Crippen molar-refractivity contribution in [2.45, 2.75) is 32.7 Å². The number of nitrogens with zero attached hydrogens (tertiary/aromatic N) is 3. The van der Waals surface area contributed by atoms with Crippen LogP contribution in [0.15, 0.2) is 67.0 Å². The highest BCUT2D eigenvalue weighted by Gasteiger charge is 2.26. The molecule has 30 heavy (non-hydrogen) atoms. The summed E-state index contributed by atoms with van der Waals surface area (Å²) in [6.45, 7) is 5.76. The molecule has 1 saturated heterocycles. The highest BCUT2D eigenvalue weighted by molar-refractivity contribution is 5.79. The fraction of sp³-hybridized carbons (Fsp3) is 0.320. The van der Waals surface area contributed by atoms with E-state index < -0.39 is 0 Å². The first kappa shape index (κ1) is 20.1. The Labute approximate surface area is 178 Å². The Morgan fingerprint density at radius 1 is 1.03 bits per heavy atom. The highest BCUT2D eigenvalue weighted by atomic mass is 16.1. The van der Waals surface area contributed by atoms with E-state index in [1.165, 1.54) is 5.56 Å². The monoisotopic (exact) mass is 400 g/mol. The first-order valence-electron chi connectivity index (χ1n) is 10.6. The number of carbonyl (C=O) groups is 1. The number of hydrogen-bond acceptors (Lipinski definition) is 4. The second kappa shape index (κ2) is 9.08. The average molecular weight is 401 g/mol. The number of aryl methyl sites for hydroxylation is 1. The molecule has 0 bridgehead atoms. The smallest absolute Gasteiger partial charge is 0.223 e. The molecule has 0 spiro atoms. The van der Waals surface area contributed by atoms with Gasteiger partial charge in [-0.2, -0.15) is 0 Å². The number of anilines is 1. The molecule has 5 nitrogen and oxygen atoms in total. The Kier molecular flexibility index (Phi) is 6.07. The molecule has 154 valence electrons. The van der Waals surface area contributed by atoms with Crippen LogP contribution in [0.1, 0.15) is 36.9 Å². The van der Waals surface area contributed by atoms with Crippen molar-refractivity contribution in [3.8, 4) is 11.3 Å². The number of aromatic nitrogens is 2. The lowest BCUT2D eigenvalue weighted by Gasteiger charge is -2.32. The predicted molar refractivity (Wildman–Crippen MR) is 120 cm³/mol. The minimum atomic E-state index is 0.0198. The molecule has 1 aliphatic heterocycles. The molecule has 2 heterocycles. The van der Waals surface area contributed by atoms with Crippen molar-refractivity contribution in [2.75, 3.05) is 18.0 Å². The van der Waals surface area contributed by atoms with Crippen molar-refractivity contribution < 1.29 is 4.79 Å². The topological polar surface area (TPSA) is 58.1 Å². The molecule has 0 radical (unpaired) electrons. The zero-order valence-corrected chi connectivity index (χ0v) is 17.6. The van der Waals surface area contributed by atoms with Crippen molar-refractivity contribution >= 4 is 11.7 Å². The van der Waals surface area contributed by atoms with Crippen LogP contribution in [0.5, 0.6) is 0 Å². The van der Waals surface area contributed by atoms with Gasteiger partial charge in [0.15, 0.2) is 0 Å². The highest BCUT2D eigenvalue weighted by Crippen LogP contribution is 2.25. The molecule has 2 aromatic carbocycles. The summed E-state index contributed by atoms with van der Waals surface area (Å²) in [4.78, 5) is 23.9. The van der Waals surface area contributed by atoms with Gasteiger partial charge in [0.05, 0.1) is 11.7 Å². The second-order valence-electron chi connectivity index (χ2n) is 8.03. The summed E-state index contributed by atoms with van der Waals surface area (Å²) in [5.41, 5.74) is 4.37. The van der Waals surface area contributed by atoms with Crippen LogP contribution < -0.4 is 10.2 Å². The fourth-order valence-corrected chi connectivity index (χ4v) is 3.93. The molecule has 3 aromatic rings. The van der Waals surface area contributed by atoms with Crippen LogP contribution >= 0.6 is 0 Å². The second-order valence-corrected chi connectivity index (χ2v) is 8.03. The van der Waals surface area contributed by atoms with E-state index in [9.17, 15) is 4.79 Å². The summed E-state index contributed by atoms with van der Waals surface area (Å²) in [5.74, 6) is 1.12. The quantitative estimate of drug-likeness (QED) is 0.683. The van der Waals surface area contributed by atoms with E-state index in [-0.39, 0.29) is 17.9 Å². The SMILES string of the molecule is Cc1ccc([C@H](C)NC(=O)C2CCN(c3cc(-c4ccccc4)ncn3)CC2)cc1. The van der Waals surface area contributed by atoms with Gasteiger partial charge in [-0.05, 0) is 32.3 Å². The Hall–Kier alpha value is -3.21. The Bertz CT molecular complexity index is 980. The minimum absolute atomic E-state index is 0.0198. The van der Waals surface area contributed by atoms with E-state index >= 15 is 0 Å². The third-order valence-electron chi connectivity index (χ3n) is 5.85. The van der Waals surface area contributed by atoms with E-state index in [1.54, 1.807) is 6.33 Å². The lowest BCUT2D eigenvalue weighted by Crippen LogP contribution is -2.41. The van der Waals surface area contributed by atoms with Crippen LogP contribution in [0.3, 0.4) is 0 Å². The van der Waals surface area contributed by atoms with Crippen LogP contribution in [0.4, 0.5) is 5.82 Å². The number of amides is 1. The summed E-state index contributed by atoms with van der Waals surface area (Å²) in [7, 11) is 0. The van der Waals surface area contributed by atoms with Gasteiger partial charge in [-0.15, -0.1) is 0 Å². The largest absolute Gasteiger partial charge is 0.356 e. The molecule has 5 heteroatoms. The van der Waals surface area contributed by atoms with Crippen LogP contribution in [-0.4, -0.2) is 29.0 Å². The maximum absolute atomic E-state index is 12.8. The van der Waals surface area contributed by atoms with Gasteiger partial charge in [0, 0.05) is 30.6 Å². The summed E-state index contributed by atoms with van der Waals surface area (Å²) < 4.78 is 0. The van der Waals surface area contributed by atoms with E-state index in [0.717, 1.165) is 48.6 Å². The van der Waals surface area contributed by atoms with Crippen molar-refractivity contribution in [3.05, 3.63) is 78.1 Å². The lowest BCUT2D eigenvalue weighted by atomic mass is 9.95. The van der Waals surface area contributed by atoms with E-state index in [0.29, 0.717) is 0 Å². The van der Waals surface area contributed by atoms with Crippen LogP contribution in [-0.2, 0) is 4.79 Å². The van der Waals surface area contributed by atoms with E-state index in [4.69, 9.17) is 0 Å². The first-order chi connectivity index (χ1) is 14.6. The maximum atomic E-state index is 12.8. The molecule has 1 aromatic heterocycles. The molecular weight excluding hydrogens is 372 g/mol. The zero-order chi connectivity index (χ0) is 20.9. The van der Waals surface area contributed by atoms with Crippen LogP contribution in [0, 0.1) is 12.8 Å². The molecule has 0 aliphatic carbocycles. The van der Waals surface area contributed by atoms with Gasteiger partial charge in [0.1, 0.15) is 12.1 Å². The van der Waals surface area contributed by atoms with Gasteiger partial charge in [0.25, 0.3) is 0 Å². The van der Waals surface area contributed by atoms with Crippen molar-refractivity contribution in [3.63, 3.8) is 0 Å². The van der Waals surface area contributed by atoms with Crippen LogP contribution in [0.25, 0.3) is 11.3 Å². The third-order valence-corrected chi connectivity index (χ3v) is 5.85. The molecular formula is C25H28N4O. The van der Waals surface area contributed by atoms with Gasteiger partial charge < -0.3 is 10.2 Å². The summed E-state index contributed by atoms with van der Waals surface area (Å²) in [6.07, 6.45) is 3.29. The average Bonchev–Trinajstić information content (AvgIpc) is 2.80. The molecule has 1 amide bonds.